The molecular formula is C20H15NO5. The van der Waals surface area contributed by atoms with Crippen LogP contribution < -0.4 is 4.74 Å². The van der Waals surface area contributed by atoms with Gasteiger partial charge in [-0.15, -0.1) is 0 Å². The van der Waals surface area contributed by atoms with Crippen LogP contribution in [0, 0.1) is 10.1 Å². The molecule has 0 aliphatic rings. The van der Waals surface area contributed by atoms with Crippen LogP contribution in [0.4, 0.5) is 5.69 Å². The van der Waals surface area contributed by atoms with Crippen LogP contribution in [0.3, 0.4) is 0 Å². The van der Waals surface area contributed by atoms with Gasteiger partial charge >= 0.3 is 0 Å². The van der Waals surface area contributed by atoms with E-state index in [-0.39, 0.29) is 11.5 Å². The number of carbonyl (C=O) groups is 1. The first-order valence-corrected chi connectivity index (χ1v) is 7.78. The zero-order valence-corrected chi connectivity index (χ0v) is 13.9. The molecule has 6 heteroatoms. The van der Waals surface area contributed by atoms with Crippen molar-refractivity contribution >= 4 is 17.5 Å². The standard InChI is InChI=1S/C20H15NO5/c1-25-17-8-4-14(5-9-17)19(22)12-10-18-11-13-20(26-18)15-2-6-16(7-3-15)21(23)24/h2-13H,1H3/b12-10-. The highest BCUT2D eigenvalue weighted by molar-refractivity contribution is 6.06. The van der Waals surface area contributed by atoms with Gasteiger partial charge in [-0.1, -0.05) is 0 Å². The number of furan rings is 1. The Bertz CT molecular complexity index is 953. The Morgan fingerprint density at radius 2 is 1.73 bits per heavy atom. The minimum Gasteiger partial charge on any atom is -0.497 e. The molecule has 0 aliphatic carbocycles. The molecule has 3 aromatic rings. The third kappa shape index (κ3) is 3.87. The molecule has 0 radical (unpaired) electrons. The highest BCUT2D eigenvalue weighted by Crippen LogP contribution is 2.25. The molecule has 0 spiro atoms. The molecule has 0 atom stereocenters. The highest BCUT2D eigenvalue weighted by Gasteiger charge is 2.08. The van der Waals surface area contributed by atoms with Gasteiger partial charge in [0.1, 0.15) is 17.3 Å². The molecule has 0 N–H and O–H groups in total. The zero-order valence-electron chi connectivity index (χ0n) is 13.9. The SMILES string of the molecule is COc1ccc(C(=O)/C=C\c2ccc(-c3ccc([N+](=O)[O-])cc3)o2)cc1. The van der Waals surface area contributed by atoms with Gasteiger partial charge in [0.25, 0.3) is 5.69 Å². The van der Waals surface area contributed by atoms with Crippen molar-refractivity contribution in [3.05, 3.63) is 88.2 Å². The Morgan fingerprint density at radius 1 is 1.04 bits per heavy atom. The number of benzene rings is 2. The molecule has 3 rings (SSSR count). The van der Waals surface area contributed by atoms with E-state index in [0.717, 1.165) is 5.56 Å². The number of non-ortho nitro benzene ring substituents is 1. The fourth-order valence-electron chi connectivity index (χ4n) is 2.35. The maximum absolute atomic E-state index is 12.2. The van der Waals surface area contributed by atoms with Gasteiger partial charge < -0.3 is 9.15 Å². The van der Waals surface area contributed by atoms with E-state index in [1.165, 1.54) is 18.2 Å². The van der Waals surface area contributed by atoms with Crippen molar-refractivity contribution in [1.82, 2.24) is 0 Å². The second-order valence-electron chi connectivity index (χ2n) is 5.43. The molecule has 0 saturated heterocycles. The number of rotatable bonds is 6. The smallest absolute Gasteiger partial charge is 0.269 e. The molecule has 26 heavy (non-hydrogen) atoms. The van der Waals surface area contributed by atoms with Gasteiger partial charge in [0.15, 0.2) is 5.78 Å². The Hall–Kier alpha value is -3.67. The fraction of sp³-hybridized carbons (Fsp3) is 0.0500. The Labute approximate surface area is 149 Å². The summed E-state index contributed by atoms with van der Waals surface area (Å²) in [4.78, 5) is 22.4. The summed E-state index contributed by atoms with van der Waals surface area (Å²) in [5.41, 5.74) is 1.28. The van der Waals surface area contributed by atoms with Gasteiger partial charge in [-0.05, 0) is 60.7 Å². The van der Waals surface area contributed by atoms with Crippen molar-refractivity contribution in [2.45, 2.75) is 0 Å². The van der Waals surface area contributed by atoms with Crippen LogP contribution in [-0.4, -0.2) is 17.8 Å². The highest BCUT2D eigenvalue weighted by atomic mass is 16.6. The fourth-order valence-corrected chi connectivity index (χ4v) is 2.35. The number of allylic oxidation sites excluding steroid dienone is 1. The van der Waals surface area contributed by atoms with Crippen molar-refractivity contribution in [3.63, 3.8) is 0 Å². The average molecular weight is 349 g/mol. The summed E-state index contributed by atoms with van der Waals surface area (Å²) in [7, 11) is 1.57. The van der Waals surface area contributed by atoms with Gasteiger partial charge in [-0.2, -0.15) is 0 Å². The third-order valence-corrected chi connectivity index (χ3v) is 3.76. The number of carbonyl (C=O) groups excluding carboxylic acids is 1. The molecule has 0 saturated carbocycles. The molecule has 0 aliphatic heterocycles. The Kier molecular flexibility index (Phi) is 4.94. The lowest BCUT2D eigenvalue weighted by atomic mass is 10.1. The summed E-state index contributed by atoms with van der Waals surface area (Å²) in [5, 5.41) is 10.7. The van der Waals surface area contributed by atoms with Crippen LogP contribution in [0.25, 0.3) is 17.4 Å². The van der Waals surface area contributed by atoms with Crippen molar-refractivity contribution in [3.8, 4) is 17.1 Å². The third-order valence-electron chi connectivity index (χ3n) is 3.76. The number of hydrogen-bond donors (Lipinski definition) is 0. The first-order chi connectivity index (χ1) is 12.6. The predicted molar refractivity (Wildman–Crippen MR) is 97.2 cm³/mol. The Morgan fingerprint density at radius 3 is 2.35 bits per heavy atom. The van der Waals surface area contributed by atoms with Gasteiger partial charge in [0, 0.05) is 23.3 Å². The first kappa shape index (κ1) is 17.2. The Balaban J connectivity index is 1.71. The van der Waals surface area contributed by atoms with Crippen molar-refractivity contribution in [2.24, 2.45) is 0 Å². The van der Waals surface area contributed by atoms with E-state index in [0.29, 0.717) is 22.8 Å². The number of ketones is 1. The molecule has 1 heterocycles. The van der Waals surface area contributed by atoms with Gasteiger partial charge in [0.2, 0.25) is 0 Å². The van der Waals surface area contributed by atoms with Crippen molar-refractivity contribution < 1.29 is 18.9 Å². The van der Waals surface area contributed by atoms with Crippen LogP contribution in [0.15, 0.2) is 71.2 Å². The summed E-state index contributed by atoms with van der Waals surface area (Å²) in [6.07, 6.45) is 3.02. The molecular weight excluding hydrogens is 334 g/mol. The lowest BCUT2D eigenvalue weighted by molar-refractivity contribution is -0.384. The topological polar surface area (TPSA) is 82.6 Å². The summed E-state index contributed by atoms with van der Waals surface area (Å²) < 4.78 is 10.7. The second-order valence-corrected chi connectivity index (χ2v) is 5.43. The van der Waals surface area contributed by atoms with Crippen LogP contribution >= 0.6 is 0 Å². The van der Waals surface area contributed by atoms with Crippen LogP contribution in [0.1, 0.15) is 16.1 Å². The maximum atomic E-state index is 12.2. The maximum Gasteiger partial charge on any atom is 0.269 e. The van der Waals surface area contributed by atoms with Crippen molar-refractivity contribution in [2.75, 3.05) is 7.11 Å². The van der Waals surface area contributed by atoms with E-state index in [1.54, 1.807) is 61.7 Å². The molecule has 1 aromatic heterocycles. The van der Waals surface area contributed by atoms with Crippen LogP contribution in [0.2, 0.25) is 0 Å². The van der Waals surface area contributed by atoms with E-state index in [4.69, 9.17) is 9.15 Å². The molecule has 130 valence electrons. The van der Waals surface area contributed by atoms with Crippen LogP contribution in [0.5, 0.6) is 5.75 Å². The van der Waals surface area contributed by atoms with E-state index in [1.807, 2.05) is 0 Å². The average Bonchev–Trinajstić information content (AvgIpc) is 3.15. The molecule has 0 unspecified atom stereocenters. The first-order valence-electron chi connectivity index (χ1n) is 7.78. The number of hydrogen-bond acceptors (Lipinski definition) is 5. The molecule has 0 fully saturated rings. The summed E-state index contributed by atoms with van der Waals surface area (Å²) in [5.74, 6) is 1.61. The number of nitro groups is 1. The normalized spacial score (nSPS) is 10.8. The quantitative estimate of drug-likeness (QED) is 0.277. The van der Waals surface area contributed by atoms with Crippen molar-refractivity contribution in [1.29, 1.82) is 0 Å². The monoisotopic (exact) mass is 349 g/mol. The lowest BCUT2D eigenvalue weighted by Gasteiger charge is -1.99. The van der Waals surface area contributed by atoms with Gasteiger partial charge in [0.05, 0.1) is 12.0 Å². The molecule has 0 amide bonds. The molecule has 0 bridgehead atoms. The van der Waals surface area contributed by atoms with E-state index in [9.17, 15) is 14.9 Å². The number of ether oxygens (including phenoxy) is 1. The second kappa shape index (κ2) is 7.48. The lowest BCUT2D eigenvalue weighted by Crippen LogP contribution is -1.93. The van der Waals surface area contributed by atoms with E-state index < -0.39 is 4.92 Å². The van der Waals surface area contributed by atoms with E-state index >= 15 is 0 Å². The van der Waals surface area contributed by atoms with Gasteiger partial charge in [-0.25, -0.2) is 0 Å². The minimum absolute atomic E-state index is 0.0190. The number of nitrogens with zero attached hydrogens (tertiary/aromatic N) is 1. The summed E-state index contributed by atoms with van der Waals surface area (Å²) >= 11 is 0. The number of methoxy groups -OCH3 is 1. The number of nitro benzene ring substituents is 1. The van der Waals surface area contributed by atoms with Crippen LogP contribution in [-0.2, 0) is 0 Å². The van der Waals surface area contributed by atoms with Gasteiger partial charge in [-0.3, -0.25) is 14.9 Å². The summed E-state index contributed by atoms with van der Waals surface area (Å²) in [6.45, 7) is 0. The van der Waals surface area contributed by atoms with E-state index in [2.05, 4.69) is 0 Å². The minimum atomic E-state index is -0.454. The molecule has 2 aromatic carbocycles. The predicted octanol–water partition coefficient (Wildman–Crippen LogP) is 4.76. The largest absolute Gasteiger partial charge is 0.497 e. The molecule has 6 nitrogen and oxygen atoms in total. The zero-order chi connectivity index (χ0) is 18.5. The summed E-state index contributed by atoms with van der Waals surface area (Å²) in [6, 6.07) is 16.4.